The monoisotopic (exact) mass is 393 g/mol. The van der Waals surface area contributed by atoms with Gasteiger partial charge < -0.3 is 4.90 Å². The normalized spacial score (nSPS) is 15.6. The first-order valence-corrected chi connectivity index (χ1v) is 11.7. The second kappa shape index (κ2) is 13.5. The predicted octanol–water partition coefficient (Wildman–Crippen LogP) is 6.05. The fraction of sp³-hybridized carbons (Fsp3) is 0.714. The standard InChI is InChI=1S/C21H35N3S2/c1-2-3-4-5-6-7-8-9-10-11-16-23-18-24(21(25)26-19-23)17-20-12-14-22-15-13-20/h12-15H,2-11,16-19H2,1H3. The van der Waals surface area contributed by atoms with E-state index in [0.29, 0.717) is 0 Å². The van der Waals surface area contributed by atoms with E-state index in [0.717, 1.165) is 23.4 Å². The molecule has 26 heavy (non-hydrogen) atoms. The molecule has 1 aromatic rings. The Kier molecular flexibility index (Phi) is 11.2. The molecule has 0 amide bonds. The van der Waals surface area contributed by atoms with E-state index in [1.165, 1.54) is 76.3 Å². The minimum atomic E-state index is 0.892. The van der Waals surface area contributed by atoms with Gasteiger partial charge in [0.05, 0.1) is 12.5 Å². The van der Waals surface area contributed by atoms with Crippen LogP contribution in [-0.4, -0.2) is 38.2 Å². The molecule has 0 unspecified atom stereocenters. The molecule has 1 aromatic heterocycles. The summed E-state index contributed by atoms with van der Waals surface area (Å²) in [5.41, 5.74) is 1.28. The Morgan fingerprint density at radius 2 is 1.58 bits per heavy atom. The number of hydrogen-bond acceptors (Lipinski definition) is 4. The topological polar surface area (TPSA) is 19.4 Å². The van der Waals surface area contributed by atoms with Gasteiger partial charge in [0.2, 0.25) is 0 Å². The molecular weight excluding hydrogens is 358 g/mol. The summed E-state index contributed by atoms with van der Waals surface area (Å²) in [4.78, 5) is 8.94. The lowest BCUT2D eigenvalue weighted by molar-refractivity contribution is 0.204. The number of nitrogens with zero attached hydrogens (tertiary/aromatic N) is 3. The minimum absolute atomic E-state index is 0.892. The first-order valence-electron chi connectivity index (χ1n) is 10.3. The number of pyridine rings is 1. The molecular formula is C21H35N3S2. The number of thioether (sulfide) groups is 1. The van der Waals surface area contributed by atoms with E-state index in [2.05, 4.69) is 33.8 Å². The second-order valence-electron chi connectivity index (χ2n) is 7.31. The molecule has 146 valence electrons. The van der Waals surface area contributed by atoms with Gasteiger partial charge in [-0.25, -0.2) is 0 Å². The van der Waals surface area contributed by atoms with Gasteiger partial charge in [-0.05, 0) is 24.1 Å². The molecule has 3 nitrogen and oxygen atoms in total. The Bertz CT molecular complexity index is 495. The summed E-state index contributed by atoms with van der Waals surface area (Å²) in [5, 5.41) is 0. The first-order chi connectivity index (χ1) is 12.8. The molecule has 0 aliphatic carbocycles. The number of hydrogen-bond donors (Lipinski definition) is 0. The molecule has 2 rings (SSSR count). The van der Waals surface area contributed by atoms with Crippen LogP contribution >= 0.6 is 24.0 Å². The number of thiocarbonyl (C=S) groups is 1. The number of unbranched alkanes of at least 4 members (excludes halogenated alkanes) is 9. The van der Waals surface area contributed by atoms with Gasteiger partial charge in [-0.3, -0.25) is 9.88 Å². The molecule has 0 bridgehead atoms. The van der Waals surface area contributed by atoms with E-state index >= 15 is 0 Å². The van der Waals surface area contributed by atoms with Crippen molar-refractivity contribution in [1.82, 2.24) is 14.8 Å². The van der Waals surface area contributed by atoms with Gasteiger partial charge in [-0.15, -0.1) is 0 Å². The molecule has 0 spiro atoms. The highest BCUT2D eigenvalue weighted by Gasteiger charge is 2.21. The van der Waals surface area contributed by atoms with Gasteiger partial charge in [0.1, 0.15) is 4.32 Å². The zero-order valence-electron chi connectivity index (χ0n) is 16.4. The maximum Gasteiger partial charge on any atom is 0.138 e. The second-order valence-corrected chi connectivity index (χ2v) is 8.89. The summed E-state index contributed by atoms with van der Waals surface area (Å²) in [6.07, 6.45) is 17.7. The van der Waals surface area contributed by atoms with Gasteiger partial charge >= 0.3 is 0 Å². The Morgan fingerprint density at radius 1 is 0.962 bits per heavy atom. The van der Waals surface area contributed by atoms with Crippen LogP contribution in [0.2, 0.25) is 0 Å². The smallest absolute Gasteiger partial charge is 0.138 e. The zero-order chi connectivity index (χ0) is 18.5. The maximum absolute atomic E-state index is 5.55. The molecule has 5 heteroatoms. The van der Waals surface area contributed by atoms with Crippen molar-refractivity contribution in [1.29, 1.82) is 0 Å². The van der Waals surface area contributed by atoms with Gasteiger partial charge in [-0.2, -0.15) is 0 Å². The Hall–Kier alpha value is -0.650. The maximum atomic E-state index is 5.55. The van der Waals surface area contributed by atoms with E-state index in [-0.39, 0.29) is 0 Å². The van der Waals surface area contributed by atoms with E-state index in [4.69, 9.17) is 12.2 Å². The highest BCUT2D eigenvalue weighted by molar-refractivity contribution is 8.22. The number of rotatable bonds is 13. The highest BCUT2D eigenvalue weighted by atomic mass is 32.2. The van der Waals surface area contributed by atoms with Crippen molar-refractivity contribution in [2.24, 2.45) is 0 Å². The fourth-order valence-corrected chi connectivity index (χ4v) is 4.45. The van der Waals surface area contributed by atoms with Crippen LogP contribution in [0.25, 0.3) is 0 Å². The van der Waals surface area contributed by atoms with Crippen LogP contribution < -0.4 is 0 Å². The van der Waals surface area contributed by atoms with Crippen LogP contribution in [0.4, 0.5) is 0 Å². The van der Waals surface area contributed by atoms with Crippen LogP contribution in [0.1, 0.15) is 76.7 Å². The van der Waals surface area contributed by atoms with Crippen LogP contribution in [-0.2, 0) is 6.54 Å². The van der Waals surface area contributed by atoms with Gasteiger partial charge in [0.15, 0.2) is 0 Å². The molecule has 0 N–H and O–H groups in total. The summed E-state index contributed by atoms with van der Waals surface area (Å²) in [7, 11) is 0. The fourth-order valence-electron chi connectivity index (χ4n) is 3.36. The summed E-state index contributed by atoms with van der Waals surface area (Å²) < 4.78 is 1.03. The molecule has 1 fully saturated rings. The van der Waals surface area contributed by atoms with Crippen LogP contribution in [0.15, 0.2) is 24.5 Å². The van der Waals surface area contributed by atoms with Crippen LogP contribution in [0, 0.1) is 0 Å². The lowest BCUT2D eigenvalue weighted by Crippen LogP contribution is -2.44. The predicted molar refractivity (Wildman–Crippen MR) is 118 cm³/mol. The van der Waals surface area contributed by atoms with Crippen molar-refractivity contribution >= 4 is 28.3 Å². The van der Waals surface area contributed by atoms with Crippen molar-refractivity contribution in [3.8, 4) is 0 Å². The Balaban J connectivity index is 1.53. The molecule has 0 aromatic carbocycles. The minimum Gasteiger partial charge on any atom is -0.340 e. The Labute approximate surface area is 169 Å². The molecule has 1 aliphatic rings. The molecule has 0 atom stereocenters. The van der Waals surface area contributed by atoms with Crippen molar-refractivity contribution < 1.29 is 0 Å². The lowest BCUT2D eigenvalue weighted by Gasteiger charge is -2.36. The third-order valence-corrected chi connectivity index (χ3v) is 6.56. The molecule has 1 saturated heterocycles. The average Bonchev–Trinajstić information content (AvgIpc) is 2.66. The van der Waals surface area contributed by atoms with Crippen molar-refractivity contribution in [2.75, 3.05) is 19.1 Å². The Morgan fingerprint density at radius 3 is 2.23 bits per heavy atom. The first kappa shape index (κ1) is 21.6. The van der Waals surface area contributed by atoms with Gasteiger partial charge in [-0.1, -0.05) is 88.7 Å². The lowest BCUT2D eigenvalue weighted by atomic mass is 10.1. The summed E-state index contributed by atoms with van der Waals surface area (Å²) in [6, 6.07) is 4.16. The van der Waals surface area contributed by atoms with Crippen molar-refractivity contribution in [2.45, 2.75) is 77.7 Å². The third-order valence-electron chi connectivity index (χ3n) is 4.95. The quantitative estimate of drug-likeness (QED) is 0.299. The van der Waals surface area contributed by atoms with Crippen LogP contribution in [0.3, 0.4) is 0 Å². The summed E-state index contributed by atoms with van der Waals surface area (Å²) in [5.74, 6) is 1.04. The number of aromatic nitrogens is 1. The van der Waals surface area contributed by atoms with Crippen molar-refractivity contribution in [3.05, 3.63) is 30.1 Å². The molecule has 1 aliphatic heterocycles. The summed E-state index contributed by atoms with van der Waals surface area (Å²) in [6.45, 7) is 5.33. The largest absolute Gasteiger partial charge is 0.340 e. The van der Waals surface area contributed by atoms with Crippen molar-refractivity contribution in [3.63, 3.8) is 0 Å². The van der Waals surface area contributed by atoms with E-state index in [1.54, 1.807) is 11.8 Å². The molecule has 0 saturated carbocycles. The SMILES string of the molecule is CCCCCCCCCCCCN1CSC(=S)N(Cc2ccncc2)C1. The molecule has 0 radical (unpaired) electrons. The van der Waals surface area contributed by atoms with Gasteiger partial charge in [0.25, 0.3) is 0 Å². The van der Waals surface area contributed by atoms with Crippen LogP contribution in [0.5, 0.6) is 0 Å². The average molecular weight is 394 g/mol. The zero-order valence-corrected chi connectivity index (χ0v) is 18.0. The van der Waals surface area contributed by atoms with Gasteiger partial charge in [0, 0.05) is 25.5 Å². The van der Waals surface area contributed by atoms with E-state index < -0.39 is 0 Å². The third kappa shape index (κ3) is 8.83. The molecule has 2 heterocycles. The summed E-state index contributed by atoms with van der Waals surface area (Å²) >= 11 is 7.35. The van der Waals surface area contributed by atoms with E-state index in [9.17, 15) is 0 Å². The van der Waals surface area contributed by atoms with E-state index in [1.807, 2.05) is 12.4 Å². The highest BCUT2D eigenvalue weighted by Crippen LogP contribution is 2.21.